The first-order valence-corrected chi connectivity index (χ1v) is 11.5. The number of aromatic nitrogens is 2. The third-order valence-electron chi connectivity index (χ3n) is 5.18. The molecule has 0 unspecified atom stereocenters. The molecule has 3 aromatic rings. The van der Waals surface area contributed by atoms with Crippen molar-refractivity contribution in [1.82, 2.24) is 15.1 Å². The molecule has 0 atom stereocenters. The first kappa shape index (κ1) is 21.9. The number of rotatable bonds is 8. The second-order valence-corrected chi connectivity index (χ2v) is 8.40. The highest BCUT2D eigenvalue weighted by atomic mass is 32.2. The number of hydrogen-bond acceptors (Lipinski definition) is 7. The van der Waals surface area contributed by atoms with Crippen LogP contribution in [0.1, 0.15) is 11.5 Å². The molecule has 32 heavy (non-hydrogen) atoms. The van der Waals surface area contributed by atoms with E-state index in [9.17, 15) is 4.79 Å². The summed E-state index contributed by atoms with van der Waals surface area (Å²) in [5.74, 6) is 3.32. The molecule has 7 nitrogen and oxygen atoms in total. The molecule has 1 amide bonds. The Hall–Kier alpha value is -3.28. The molecule has 164 valence electrons. The minimum Gasteiger partial charge on any atom is -0.416 e. The molecule has 4 rings (SSSR count). The zero-order valence-electron chi connectivity index (χ0n) is 17.7. The van der Waals surface area contributed by atoms with Gasteiger partial charge in [-0.25, -0.2) is 0 Å². The zero-order valence-corrected chi connectivity index (χ0v) is 18.6. The summed E-state index contributed by atoms with van der Waals surface area (Å²) in [6, 6.07) is 17.9. The maximum atomic E-state index is 12.3. The molecule has 1 fully saturated rings. The summed E-state index contributed by atoms with van der Waals surface area (Å²) in [6.07, 6.45) is 5.97. The van der Waals surface area contributed by atoms with Crippen LogP contribution < -0.4 is 10.2 Å². The van der Waals surface area contributed by atoms with E-state index in [0.29, 0.717) is 24.1 Å². The fraction of sp³-hybridized carbons (Fsp3) is 0.292. The van der Waals surface area contributed by atoms with E-state index in [1.54, 1.807) is 0 Å². The first-order valence-electron chi connectivity index (χ1n) is 10.5. The molecule has 1 aliphatic rings. The molecule has 0 saturated carbocycles. The van der Waals surface area contributed by atoms with E-state index >= 15 is 0 Å². The number of hydrogen-bond donors (Lipinski definition) is 1. The van der Waals surface area contributed by atoms with Gasteiger partial charge in [-0.15, -0.1) is 16.6 Å². The molecule has 0 aliphatic carbocycles. The van der Waals surface area contributed by atoms with Crippen LogP contribution in [-0.2, 0) is 11.2 Å². The second-order valence-electron chi connectivity index (χ2n) is 7.48. The average molecular weight is 448 g/mol. The monoisotopic (exact) mass is 447 g/mol. The standard InChI is InChI=1S/C24H25N5O2S/c1-2-12-28-13-15-29(16-14-28)21-10-8-20(9-11-21)25-22(30)18-32-24-27-26-23(31-24)17-19-6-4-3-5-7-19/h1,3-11H,12-18H2,(H,25,30). The van der Waals surface area contributed by atoms with Gasteiger partial charge < -0.3 is 14.6 Å². The molecule has 2 heterocycles. The summed E-state index contributed by atoms with van der Waals surface area (Å²) < 4.78 is 5.63. The van der Waals surface area contributed by atoms with Gasteiger partial charge in [0.1, 0.15) is 0 Å². The lowest BCUT2D eigenvalue weighted by Gasteiger charge is -2.35. The largest absolute Gasteiger partial charge is 0.416 e. The van der Waals surface area contributed by atoms with Crippen molar-refractivity contribution in [2.45, 2.75) is 11.6 Å². The number of piperazine rings is 1. The Labute approximate surface area is 192 Å². The molecule has 0 bridgehead atoms. The van der Waals surface area contributed by atoms with E-state index in [4.69, 9.17) is 10.8 Å². The SMILES string of the molecule is C#CCN1CCN(c2ccc(NC(=O)CSc3nnc(Cc4ccccc4)o3)cc2)CC1. The Morgan fingerprint density at radius 3 is 2.53 bits per heavy atom. The zero-order chi connectivity index (χ0) is 22.2. The summed E-state index contributed by atoms with van der Waals surface area (Å²) >= 11 is 1.23. The van der Waals surface area contributed by atoms with Crippen LogP contribution in [-0.4, -0.2) is 59.5 Å². The normalized spacial score (nSPS) is 14.2. The lowest BCUT2D eigenvalue weighted by Crippen LogP contribution is -2.46. The molecule has 1 aliphatic heterocycles. The van der Waals surface area contributed by atoms with Crippen LogP contribution in [0.4, 0.5) is 11.4 Å². The van der Waals surface area contributed by atoms with Crippen molar-refractivity contribution in [2.75, 3.05) is 48.7 Å². The van der Waals surface area contributed by atoms with Crippen LogP contribution in [0.5, 0.6) is 0 Å². The highest BCUT2D eigenvalue weighted by Gasteiger charge is 2.16. The number of anilines is 2. The predicted molar refractivity (Wildman–Crippen MR) is 127 cm³/mol. The van der Waals surface area contributed by atoms with Gasteiger partial charge >= 0.3 is 0 Å². The molecule has 1 N–H and O–H groups in total. The maximum absolute atomic E-state index is 12.3. The molecular weight excluding hydrogens is 422 g/mol. The van der Waals surface area contributed by atoms with Crippen molar-refractivity contribution in [2.24, 2.45) is 0 Å². The van der Waals surface area contributed by atoms with E-state index in [1.807, 2.05) is 54.6 Å². The molecule has 1 aromatic heterocycles. The Morgan fingerprint density at radius 2 is 1.81 bits per heavy atom. The predicted octanol–water partition coefficient (Wildman–Crippen LogP) is 3.15. The van der Waals surface area contributed by atoms with Gasteiger partial charge in [0.15, 0.2) is 0 Å². The van der Waals surface area contributed by atoms with Crippen molar-refractivity contribution in [1.29, 1.82) is 0 Å². The molecule has 2 aromatic carbocycles. The van der Waals surface area contributed by atoms with Gasteiger partial charge in [0.25, 0.3) is 5.22 Å². The van der Waals surface area contributed by atoms with Gasteiger partial charge in [-0.2, -0.15) is 0 Å². The summed E-state index contributed by atoms with van der Waals surface area (Å²) in [5, 5.41) is 11.4. The van der Waals surface area contributed by atoms with Crippen molar-refractivity contribution in [3.05, 3.63) is 66.1 Å². The van der Waals surface area contributed by atoms with Gasteiger partial charge in [-0.1, -0.05) is 48.0 Å². The summed E-state index contributed by atoms with van der Waals surface area (Å²) in [4.78, 5) is 16.9. The number of amides is 1. The van der Waals surface area contributed by atoms with E-state index in [0.717, 1.165) is 43.1 Å². The first-order chi connectivity index (χ1) is 15.7. The van der Waals surface area contributed by atoms with E-state index < -0.39 is 0 Å². The van der Waals surface area contributed by atoms with Crippen molar-refractivity contribution >= 4 is 29.0 Å². The minimum atomic E-state index is -0.117. The van der Waals surface area contributed by atoms with E-state index in [-0.39, 0.29) is 11.7 Å². The van der Waals surface area contributed by atoms with Crippen LogP contribution >= 0.6 is 11.8 Å². The Balaban J connectivity index is 1.22. The van der Waals surface area contributed by atoms with Gasteiger partial charge in [0.05, 0.1) is 18.7 Å². The van der Waals surface area contributed by atoms with Gasteiger partial charge in [0, 0.05) is 37.6 Å². The van der Waals surface area contributed by atoms with E-state index in [2.05, 4.69) is 31.2 Å². The Kier molecular flexibility index (Phi) is 7.43. The van der Waals surface area contributed by atoms with Gasteiger partial charge in [-0.05, 0) is 29.8 Å². The smallest absolute Gasteiger partial charge is 0.277 e. The fourth-order valence-electron chi connectivity index (χ4n) is 3.51. The molecule has 0 radical (unpaired) electrons. The van der Waals surface area contributed by atoms with Crippen molar-refractivity contribution in [3.8, 4) is 12.3 Å². The number of benzene rings is 2. The van der Waals surface area contributed by atoms with Crippen LogP contribution in [0.3, 0.4) is 0 Å². The molecule has 8 heteroatoms. The summed E-state index contributed by atoms with van der Waals surface area (Å²) in [5.41, 5.74) is 3.01. The van der Waals surface area contributed by atoms with E-state index in [1.165, 1.54) is 11.8 Å². The highest BCUT2D eigenvalue weighted by molar-refractivity contribution is 7.99. The third kappa shape index (κ3) is 6.13. The number of terminal acetylenes is 1. The Morgan fingerprint density at radius 1 is 1.06 bits per heavy atom. The van der Waals surface area contributed by atoms with Crippen molar-refractivity contribution in [3.63, 3.8) is 0 Å². The van der Waals surface area contributed by atoms with Gasteiger partial charge in [0.2, 0.25) is 11.8 Å². The molecule has 0 spiro atoms. The van der Waals surface area contributed by atoms with Crippen LogP contribution in [0, 0.1) is 12.3 Å². The third-order valence-corrected chi connectivity index (χ3v) is 6.00. The number of nitrogens with zero attached hydrogens (tertiary/aromatic N) is 4. The summed E-state index contributed by atoms with van der Waals surface area (Å²) in [7, 11) is 0. The van der Waals surface area contributed by atoms with Crippen LogP contribution in [0.15, 0.2) is 64.2 Å². The fourth-order valence-corrected chi connectivity index (χ4v) is 4.09. The lowest BCUT2D eigenvalue weighted by molar-refractivity contribution is -0.113. The highest BCUT2D eigenvalue weighted by Crippen LogP contribution is 2.21. The molecule has 1 saturated heterocycles. The number of carbonyl (C=O) groups excluding carboxylic acids is 1. The average Bonchev–Trinajstić information content (AvgIpc) is 3.27. The Bertz CT molecular complexity index is 1050. The van der Waals surface area contributed by atoms with Crippen LogP contribution in [0.2, 0.25) is 0 Å². The van der Waals surface area contributed by atoms with Gasteiger partial charge in [-0.3, -0.25) is 9.69 Å². The van der Waals surface area contributed by atoms with Crippen LogP contribution in [0.25, 0.3) is 0 Å². The second kappa shape index (κ2) is 10.8. The number of carbonyl (C=O) groups is 1. The van der Waals surface area contributed by atoms with Crippen molar-refractivity contribution < 1.29 is 9.21 Å². The quantitative estimate of drug-likeness (QED) is 0.420. The number of thioether (sulfide) groups is 1. The molecular formula is C24H25N5O2S. The maximum Gasteiger partial charge on any atom is 0.277 e. The number of nitrogens with one attached hydrogen (secondary N) is 1. The topological polar surface area (TPSA) is 74.5 Å². The summed E-state index contributed by atoms with van der Waals surface area (Å²) in [6.45, 7) is 4.51. The minimum absolute atomic E-state index is 0.117. The lowest BCUT2D eigenvalue weighted by atomic mass is 10.2.